The third-order valence-corrected chi connectivity index (χ3v) is 4.68. The molecule has 4 aromatic rings. The molecule has 6 nitrogen and oxygen atoms in total. The van der Waals surface area contributed by atoms with Crippen LogP contribution in [0, 0.1) is 0 Å². The third kappa shape index (κ3) is 4.04. The van der Waals surface area contributed by atoms with Gasteiger partial charge in [0.2, 0.25) is 0 Å². The summed E-state index contributed by atoms with van der Waals surface area (Å²) in [5.41, 5.74) is 3.88. The number of amides is 1. The van der Waals surface area contributed by atoms with Gasteiger partial charge in [-0.2, -0.15) is 5.10 Å². The number of benzene rings is 1. The van der Waals surface area contributed by atoms with E-state index in [1.54, 1.807) is 36.8 Å². The van der Waals surface area contributed by atoms with Gasteiger partial charge >= 0.3 is 0 Å². The van der Waals surface area contributed by atoms with Crippen LogP contribution in [-0.2, 0) is 0 Å². The van der Waals surface area contributed by atoms with Gasteiger partial charge in [-0.05, 0) is 48.2 Å². The minimum absolute atomic E-state index is 0.309. The zero-order chi connectivity index (χ0) is 18.5. The summed E-state index contributed by atoms with van der Waals surface area (Å²) in [5, 5.41) is 5.72. The number of hydrogen-bond acceptors (Lipinski definition) is 6. The van der Waals surface area contributed by atoms with Crippen molar-refractivity contribution in [3.8, 4) is 0 Å². The van der Waals surface area contributed by atoms with Gasteiger partial charge < -0.3 is 4.42 Å². The number of hydrazone groups is 1. The Kier molecular flexibility index (Phi) is 4.93. The highest BCUT2D eigenvalue weighted by molar-refractivity contribution is 7.99. The molecule has 0 bridgehead atoms. The lowest BCUT2D eigenvalue weighted by Crippen LogP contribution is -2.17. The van der Waals surface area contributed by atoms with E-state index >= 15 is 0 Å². The molecule has 1 amide bonds. The number of fused-ring (bicyclic) bond motifs is 1. The van der Waals surface area contributed by atoms with Gasteiger partial charge in [0.15, 0.2) is 5.09 Å². The van der Waals surface area contributed by atoms with Crippen LogP contribution in [0.2, 0.25) is 0 Å². The number of nitrogens with zero attached hydrogens (tertiary/aromatic N) is 3. The van der Waals surface area contributed by atoms with E-state index < -0.39 is 0 Å². The lowest BCUT2D eigenvalue weighted by atomic mass is 10.2. The summed E-state index contributed by atoms with van der Waals surface area (Å²) < 4.78 is 5.75. The molecule has 132 valence electrons. The van der Waals surface area contributed by atoms with Crippen LogP contribution in [0.4, 0.5) is 0 Å². The number of para-hydroxylation sites is 1. The van der Waals surface area contributed by atoms with Gasteiger partial charge in [0, 0.05) is 34.4 Å². The smallest absolute Gasteiger partial charge is 0.271 e. The molecule has 1 N–H and O–H groups in total. The van der Waals surface area contributed by atoms with Gasteiger partial charge in [-0.1, -0.05) is 18.2 Å². The summed E-state index contributed by atoms with van der Waals surface area (Å²) >= 11 is 1.49. The fourth-order valence-electron chi connectivity index (χ4n) is 2.45. The SMILES string of the molecule is O=C(N/N=C/c1ccc(Sc2cccc3cccnc23)o1)c1ccncc1. The molecular weight excluding hydrogens is 360 g/mol. The Morgan fingerprint density at radius 1 is 1.04 bits per heavy atom. The summed E-state index contributed by atoms with van der Waals surface area (Å²) in [4.78, 5) is 21.2. The Morgan fingerprint density at radius 2 is 1.89 bits per heavy atom. The highest BCUT2D eigenvalue weighted by atomic mass is 32.2. The predicted molar refractivity (Wildman–Crippen MR) is 104 cm³/mol. The van der Waals surface area contributed by atoms with Crippen LogP contribution < -0.4 is 5.43 Å². The number of furan rings is 1. The first-order valence-corrected chi connectivity index (χ1v) is 8.96. The summed E-state index contributed by atoms with van der Waals surface area (Å²) in [6, 6.07) is 16.9. The van der Waals surface area contributed by atoms with Crippen molar-refractivity contribution in [2.75, 3.05) is 0 Å². The molecule has 3 heterocycles. The Balaban J connectivity index is 1.43. The maximum Gasteiger partial charge on any atom is 0.271 e. The van der Waals surface area contributed by atoms with Crippen LogP contribution in [0.1, 0.15) is 16.1 Å². The number of aromatic nitrogens is 2. The van der Waals surface area contributed by atoms with E-state index in [9.17, 15) is 4.79 Å². The average molecular weight is 374 g/mol. The standard InChI is InChI=1S/C20H14N4O2S/c25-20(15-8-11-21-12-9-15)24-23-13-16-6-7-18(26-16)27-17-5-1-3-14-4-2-10-22-19(14)17/h1-13H,(H,24,25)/b23-13+. The van der Waals surface area contributed by atoms with Crippen molar-refractivity contribution < 1.29 is 9.21 Å². The number of rotatable bonds is 5. The first-order valence-electron chi connectivity index (χ1n) is 8.14. The minimum atomic E-state index is -0.309. The zero-order valence-corrected chi connectivity index (χ0v) is 14.9. The normalized spacial score (nSPS) is 11.1. The number of hydrogen-bond donors (Lipinski definition) is 1. The first kappa shape index (κ1) is 17.0. The largest absolute Gasteiger partial charge is 0.448 e. The van der Waals surface area contributed by atoms with Gasteiger partial charge in [0.1, 0.15) is 5.76 Å². The Morgan fingerprint density at radius 3 is 2.78 bits per heavy atom. The van der Waals surface area contributed by atoms with Gasteiger partial charge in [-0.25, -0.2) is 5.43 Å². The highest BCUT2D eigenvalue weighted by Gasteiger charge is 2.07. The molecule has 0 aliphatic carbocycles. The minimum Gasteiger partial charge on any atom is -0.448 e. The summed E-state index contributed by atoms with van der Waals surface area (Å²) in [7, 11) is 0. The fraction of sp³-hybridized carbons (Fsp3) is 0. The molecule has 0 spiro atoms. The Bertz CT molecular complexity index is 1100. The monoisotopic (exact) mass is 374 g/mol. The molecule has 0 radical (unpaired) electrons. The molecule has 0 aliphatic rings. The van der Waals surface area contributed by atoms with Gasteiger partial charge in [-0.15, -0.1) is 0 Å². The van der Waals surface area contributed by atoms with E-state index in [0.29, 0.717) is 11.3 Å². The van der Waals surface area contributed by atoms with Crippen LogP contribution in [0.25, 0.3) is 10.9 Å². The van der Waals surface area contributed by atoms with E-state index in [2.05, 4.69) is 20.5 Å². The molecule has 7 heteroatoms. The van der Waals surface area contributed by atoms with Crippen molar-refractivity contribution >= 4 is 34.8 Å². The van der Waals surface area contributed by atoms with Crippen molar-refractivity contribution in [3.05, 3.63) is 84.5 Å². The number of carbonyl (C=O) groups excluding carboxylic acids is 1. The van der Waals surface area contributed by atoms with E-state index in [-0.39, 0.29) is 5.91 Å². The van der Waals surface area contributed by atoms with Crippen LogP contribution in [0.3, 0.4) is 0 Å². The molecule has 3 aromatic heterocycles. The van der Waals surface area contributed by atoms with Gasteiger partial charge in [0.25, 0.3) is 5.91 Å². The van der Waals surface area contributed by atoms with E-state index in [0.717, 1.165) is 20.9 Å². The molecule has 1 aromatic carbocycles. The maximum atomic E-state index is 11.9. The van der Waals surface area contributed by atoms with Gasteiger partial charge in [-0.3, -0.25) is 14.8 Å². The van der Waals surface area contributed by atoms with Crippen molar-refractivity contribution in [2.45, 2.75) is 9.99 Å². The average Bonchev–Trinajstić information content (AvgIpc) is 3.16. The van der Waals surface area contributed by atoms with Crippen molar-refractivity contribution in [3.63, 3.8) is 0 Å². The molecule has 0 saturated carbocycles. The number of pyridine rings is 2. The molecule has 4 rings (SSSR count). The molecular formula is C20H14N4O2S. The van der Waals surface area contributed by atoms with Crippen LogP contribution >= 0.6 is 11.8 Å². The molecule has 0 aliphatic heterocycles. The van der Waals surface area contributed by atoms with Crippen LogP contribution in [0.15, 0.2) is 92.7 Å². The molecule has 0 unspecified atom stereocenters. The Labute approximate surface area is 159 Å². The quantitative estimate of drug-likeness (QED) is 0.419. The highest BCUT2D eigenvalue weighted by Crippen LogP contribution is 2.33. The third-order valence-electron chi connectivity index (χ3n) is 3.71. The molecule has 27 heavy (non-hydrogen) atoms. The van der Waals surface area contributed by atoms with Crippen LogP contribution in [0.5, 0.6) is 0 Å². The van der Waals surface area contributed by atoms with E-state index in [1.807, 2.05) is 36.4 Å². The van der Waals surface area contributed by atoms with Crippen molar-refractivity contribution in [2.24, 2.45) is 5.10 Å². The fourth-order valence-corrected chi connectivity index (χ4v) is 3.35. The van der Waals surface area contributed by atoms with Gasteiger partial charge in [0.05, 0.1) is 11.7 Å². The predicted octanol–water partition coefficient (Wildman–Crippen LogP) is 4.14. The van der Waals surface area contributed by atoms with Crippen LogP contribution in [-0.4, -0.2) is 22.1 Å². The molecule has 0 atom stereocenters. The number of carbonyl (C=O) groups is 1. The lowest BCUT2D eigenvalue weighted by molar-refractivity contribution is 0.0955. The molecule has 0 fully saturated rings. The number of nitrogens with one attached hydrogen (secondary N) is 1. The summed E-state index contributed by atoms with van der Waals surface area (Å²) in [6.45, 7) is 0. The molecule has 0 saturated heterocycles. The Hall–Kier alpha value is -3.45. The van der Waals surface area contributed by atoms with E-state index in [4.69, 9.17) is 4.42 Å². The second kappa shape index (κ2) is 7.84. The second-order valence-electron chi connectivity index (χ2n) is 5.53. The summed E-state index contributed by atoms with van der Waals surface area (Å²) in [5.74, 6) is 0.234. The maximum absolute atomic E-state index is 11.9. The second-order valence-corrected chi connectivity index (χ2v) is 6.57. The van der Waals surface area contributed by atoms with Crippen molar-refractivity contribution in [1.29, 1.82) is 0 Å². The lowest BCUT2D eigenvalue weighted by Gasteiger charge is -2.02. The topological polar surface area (TPSA) is 80.4 Å². The van der Waals surface area contributed by atoms with E-state index in [1.165, 1.54) is 18.0 Å². The first-order chi connectivity index (χ1) is 13.3. The van der Waals surface area contributed by atoms with Crippen molar-refractivity contribution in [1.82, 2.24) is 15.4 Å². The summed E-state index contributed by atoms with van der Waals surface area (Å²) in [6.07, 6.45) is 6.34. The zero-order valence-electron chi connectivity index (χ0n) is 14.1.